The van der Waals surface area contributed by atoms with Crippen molar-refractivity contribution in [1.29, 1.82) is 0 Å². The number of hydrogen-bond acceptors (Lipinski definition) is 5. The third kappa shape index (κ3) is 4.20. The quantitative estimate of drug-likeness (QED) is 0.748. The van der Waals surface area contributed by atoms with Crippen LogP contribution in [-0.4, -0.2) is 31.8 Å². The van der Waals surface area contributed by atoms with Crippen LogP contribution in [0.1, 0.15) is 29.9 Å². The van der Waals surface area contributed by atoms with Gasteiger partial charge in [-0.05, 0) is 31.5 Å². The normalized spacial score (nSPS) is 10.7. The molecule has 0 radical (unpaired) electrons. The SMILES string of the molecule is CC(C)Oc1cccnc1C(=O)Nc1nncn1Cc1ccccc1. The van der Waals surface area contributed by atoms with Crippen molar-refractivity contribution in [3.05, 3.63) is 66.2 Å². The van der Waals surface area contributed by atoms with Crippen LogP contribution in [0.2, 0.25) is 0 Å². The molecule has 0 unspecified atom stereocenters. The summed E-state index contributed by atoms with van der Waals surface area (Å²) in [6.07, 6.45) is 3.07. The van der Waals surface area contributed by atoms with Crippen molar-refractivity contribution in [2.45, 2.75) is 26.5 Å². The monoisotopic (exact) mass is 337 g/mol. The van der Waals surface area contributed by atoms with Gasteiger partial charge >= 0.3 is 0 Å². The highest BCUT2D eigenvalue weighted by Crippen LogP contribution is 2.18. The molecule has 0 aliphatic heterocycles. The van der Waals surface area contributed by atoms with Gasteiger partial charge in [0.25, 0.3) is 5.91 Å². The molecule has 2 heterocycles. The van der Waals surface area contributed by atoms with Crippen molar-refractivity contribution < 1.29 is 9.53 Å². The van der Waals surface area contributed by atoms with Crippen molar-refractivity contribution >= 4 is 11.9 Å². The van der Waals surface area contributed by atoms with Crippen molar-refractivity contribution in [3.63, 3.8) is 0 Å². The van der Waals surface area contributed by atoms with Gasteiger partial charge in [0.15, 0.2) is 11.4 Å². The molecule has 0 saturated carbocycles. The van der Waals surface area contributed by atoms with Crippen LogP contribution in [-0.2, 0) is 6.54 Å². The minimum Gasteiger partial charge on any atom is -0.489 e. The highest BCUT2D eigenvalue weighted by Gasteiger charge is 2.17. The molecule has 128 valence electrons. The summed E-state index contributed by atoms with van der Waals surface area (Å²) in [7, 11) is 0. The van der Waals surface area contributed by atoms with Crippen LogP contribution in [0.15, 0.2) is 55.0 Å². The summed E-state index contributed by atoms with van der Waals surface area (Å²) < 4.78 is 7.41. The molecule has 0 spiro atoms. The smallest absolute Gasteiger partial charge is 0.280 e. The number of carbonyl (C=O) groups is 1. The van der Waals surface area contributed by atoms with E-state index in [4.69, 9.17) is 4.74 Å². The van der Waals surface area contributed by atoms with Crippen LogP contribution in [0.5, 0.6) is 5.75 Å². The zero-order valence-corrected chi connectivity index (χ0v) is 14.1. The molecule has 1 N–H and O–H groups in total. The number of hydrogen-bond donors (Lipinski definition) is 1. The summed E-state index contributed by atoms with van der Waals surface area (Å²) in [5.41, 5.74) is 1.30. The minimum absolute atomic E-state index is 0.0579. The largest absolute Gasteiger partial charge is 0.489 e. The number of nitrogens with one attached hydrogen (secondary N) is 1. The van der Waals surface area contributed by atoms with Crippen LogP contribution in [0.4, 0.5) is 5.95 Å². The molecular formula is C18H19N5O2. The first-order chi connectivity index (χ1) is 12.1. The topological polar surface area (TPSA) is 81.9 Å². The standard InChI is InChI=1S/C18H19N5O2/c1-13(2)25-15-9-6-10-19-16(15)17(24)21-18-22-20-12-23(18)11-14-7-4-3-5-8-14/h3-10,12-13H,11H2,1-2H3,(H,21,22,24). The van der Waals surface area contributed by atoms with Gasteiger partial charge in [-0.2, -0.15) is 0 Å². The maximum atomic E-state index is 12.6. The number of nitrogens with zero attached hydrogens (tertiary/aromatic N) is 4. The van der Waals surface area contributed by atoms with Gasteiger partial charge in [0.1, 0.15) is 6.33 Å². The molecule has 1 amide bonds. The Labute approximate surface area is 145 Å². The van der Waals surface area contributed by atoms with E-state index in [-0.39, 0.29) is 11.8 Å². The molecule has 7 nitrogen and oxygen atoms in total. The molecule has 1 aromatic carbocycles. The van der Waals surface area contributed by atoms with Gasteiger partial charge < -0.3 is 4.74 Å². The number of carbonyl (C=O) groups excluding carboxylic acids is 1. The maximum absolute atomic E-state index is 12.6. The predicted octanol–water partition coefficient (Wildman–Crippen LogP) is 2.76. The lowest BCUT2D eigenvalue weighted by atomic mass is 10.2. The zero-order chi connectivity index (χ0) is 17.6. The average molecular weight is 337 g/mol. The first-order valence-corrected chi connectivity index (χ1v) is 7.98. The number of amides is 1. The van der Waals surface area contributed by atoms with Gasteiger partial charge in [-0.1, -0.05) is 30.3 Å². The molecule has 0 bridgehead atoms. The second-order valence-electron chi connectivity index (χ2n) is 5.74. The Bertz CT molecular complexity index is 845. The van der Waals surface area contributed by atoms with Crippen molar-refractivity contribution in [1.82, 2.24) is 19.7 Å². The van der Waals surface area contributed by atoms with Gasteiger partial charge in [-0.25, -0.2) is 4.98 Å². The number of pyridine rings is 1. The van der Waals surface area contributed by atoms with E-state index in [0.29, 0.717) is 18.2 Å². The number of aromatic nitrogens is 4. The fourth-order valence-corrected chi connectivity index (χ4v) is 2.32. The zero-order valence-electron chi connectivity index (χ0n) is 14.1. The summed E-state index contributed by atoms with van der Waals surface area (Å²) >= 11 is 0. The molecule has 0 aliphatic rings. The molecule has 3 aromatic rings. The fraction of sp³-hybridized carbons (Fsp3) is 0.222. The van der Waals surface area contributed by atoms with Gasteiger partial charge in [-0.15, -0.1) is 10.2 Å². The summed E-state index contributed by atoms with van der Waals surface area (Å²) in [6, 6.07) is 13.3. The van der Waals surface area contributed by atoms with E-state index in [1.54, 1.807) is 29.2 Å². The molecular weight excluding hydrogens is 318 g/mol. The number of ether oxygens (including phenoxy) is 1. The molecule has 0 saturated heterocycles. The number of benzene rings is 1. The Kier molecular flexibility index (Phi) is 5.03. The highest BCUT2D eigenvalue weighted by molar-refractivity contribution is 6.03. The molecule has 2 aromatic heterocycles. The Balaban J connectivity index is 1.78. The van der Waals surface area contributed by atoms with E-state index in [2.05, 4.69) is 20.5 Å². The van der Waals surface area contributed by atoms with Crippen LogP contribution >= 0.6 is 0 Å². The minimum atomic E-state index is -0.390. The van der Waals surface area contributed by atoms with Crippen molar-refractivity contribution in [2.75, 3.05) is 5.32 Å². The van der Waals surface area contributed by atoms with Crippen LogP contribution in [0.25, 0.3) is 0 Å². The number of anilines is 1. The van der Waals surface area contributed by atoms with Crippen molar-refractivity contribution in [2.24, 2.45) is 0 Å². The van der Waals surface area contributed by atoms with Crippen LogP contribution < -0.4 is 10.1 Å². The molecule has 7 heteroatoms. The van der Waals surface area contributed by atoms with Gasteiger partial charge in [0, 0.05) is 6.20 Å². The highest BCUT2D eigenvalue weighted by atomic mass is 16.5. The Hall–Kier alpha value is -3.22. The van der Waals surface area contributed by atoms with Gasteiger partial charge in [-0.3, -0.25) is 14.7 Å². The van der Waals surface area contributed by atoms with Crippen LogP contribution in [0.3, 0.4) is 0 Å². The number of rotatable bonds is 6. The lowest BCUT2D eigenvalue weighted by molar-refractivity contribution is 0.101. The van der Waals surface area contributed by atoms with Crippen molar-refractivity contribution in [3.8, 4) is 5.75 Å². The van der Waals surface area contributed by atoms with E-state index >= 15 is 0 Å². The molecule has 3 rings (SSSR count). The van der Waals surface area contributed by atoms with Gasteiger partial charge in [0.05, 0.1) is 12.6 Å². The second kappa shape index (κ2) is 7.57. The third-order valence-corrected chi connectivity index (χ3v) is 3.39. The summed E-state index contributed by atoms with van der Waals surface area (Å²) in [4.78, 5) is 16.7. The first-order valence-electron chi connectivity index (χ1n) is 7.98. The summed E-state index contributed by atoms with van der Waals surface area (Å²) in [5.74, 6) is 0.401. The predicted molar refractivity (Wildman–Crippen MR) is 93.5 cm³/mol. The molecule has 25 heavy (non-hydrogen) atoms. The Morgan fingerprint density at radius 1 is 1.20 bits per heavy atom. The summed E-state index contributed by atoms with van der Waals surface area (Å²) in [5, 5.41) is 10.6. The molecule has 0 atom stereocenters. The second-order valence-corrected chi connectivity index (χ2v) is 5.74. The van der Waals surface area contributed by atoms with E-state index in [9.17, 15) is 4.79 Å². The van der Waals surface area contributed by atoms with E-state index in [1.165, 1.54) is 0 Å². The van der Waals surface area contributed by atoms with Crippen LogP contribution in [0, 0.1) is 0 Å². The van der Waals surface area contributed by atoms with E-state index in [0.717, 1.165) is 5.56 Å². The maximum Gasteiger partial charge on any atom is 0.280 e. The van der Waals surface area contributed by atoms with E-state index < -0.39 is 5.91 Å². The average Bonchev–Trinajstić information content (AvgIpc) is 3.02. The van der Waals surface area contributed by atoms with E-state index in [1.807, 2.05) is 44.2 Å². The molecule has 0 aliphatic carbocycles. The fourth-order valence-electron chi connectivity index (χ4n) is 2.32. The molecule has 0 fully saturated rings. The Morgan fingerprint density at radius 3 is 2.76 bits per heavy atom. The van der Waals surface area contributed by atoms with Gasteiger partial charge in [0.2, 0.25) is 5.95 Å². The lowest BCUT2D eigenvalue weighted by Crippen LogP contribution is -2.19. The summed E-state index contributed by atoms with van der Waals surface area (Å²) in [6.45, 7) is 4.34. The lowest BCUT2D eigenvalue weighted by Gasteiger charge is -2.13. The third-order valence-electron chi connectivity index (χ3n) is 3.39. The Morgan fingerprint density at radius 2 is 2.00 bits per heavy atom. The first kappa shape index (κ1) is 16.6.